The zero-order valence-corrected chi connectivity index (χ0v) is 16.6. The van der Waals surface area contributed by atoms with Crippen LogP contribution in [-0.2, 0) is 12.8 Å². The van der Waals surface area contributed by atoms with Gasteiger partial charge in [-0.1, -0.05) is 0 Å². The number of nitrogens with zero attached hydrogens (tertiary/aromatic N) is 1. The molecule has 1 N–H and O–H groups in total. The molecule has 0 bridgehead atoms. The smallest absolute Gasteiger partial charge is 0.270 e. The Morgan fingerprint density at radius 2 is 2.00 bits per heavy atom. The van der Waals surface area contributed by atoms with Crippen molar-refractivity contribution in [3.63, 3.8) is 0 Å². The minimum atomic E-state index is -0.515. The lowest BCUT2D eigenvalue weighted by Crippen LogP contribution is -2.29. The van der Waals surface area contributed by atoms with E-state index in [-0.39, 0.29) is 15.9 Å². The van der Waals surface area contributed by atoms with Gasteiger partial charge in [-0.15, -0.1) is 11.3 Å². The summed E-state index contributed by atoms with van der Waals surface area (Å²) < 4.78 is 11.6. The number of hydrogen-bond donors (Lipinski definition) is 1. The molecule has 1 aliphatic carbocycles. The highest BCUT2D eigenvalue weighted by atomic mass is 32.1. The zero-order chi connectivity index (χ0) is 19.1. The van der Waals surface area contributed by atoms with Crippen molar-refractivity contribution in [2.24, 2.45) is 0 Å². The molecule has 0 saturated heterocycles. The number of rotatable bonds is 3. The molecular formula is C19H18N2O4S2. The van der Waals surface area contributed by atoms with Gasteiger partial charge in [-0.2, -0.15) is 0 Å². The number of methoxy groups -OCH3 is 2. The summed E-state index contributed by atoms with van der Waals surface area (Å²) in [6.07, 6.45) is 4.00. The van der Waals surface area contributed by atoms with Gasteiger partial charge in [0.1, 0.15) is 16.3 Å². The van der Waals surface area contributed by atoms with E-state index in [1.54, 1.807) is 29.5 Å². The highest BCUT2D eigenvalue weighted by Gasteiger charge is 2.24. The average molecular weight is 402 g/mol. The lowest BCUT2D eigenvalue weighted by atomic mass is 9.97. The summed E-state index contributed by atoms with van der Waals surface area (Å²) in [5.74, 6) is 0.370. The maximum atomic E-state index is 13.2. The SMILES string of the molecule is COc1ccc(C(=O)n2c(=S)[nH]c3sc4c(c3c2=O)CCCC4)c(OC)c1. The van der Waals surface area contributed by atoms with E-state index in [1.807, 2.05) is 0 Å². The molecule has 8 heteroatoms. The van der Waals surface area contributed by atoms with Crippen molar-refractivity contribution in [2.45, 2.75) is 25.7 Å². The van der Waals surface area contributed by atoms with E-state index in [1.165, 1.54) is 19.1 Å². The summed E-state index contributed by atoms with van der Waals surface area (Å²) in [5, 5.41) is 0.587. The van der Waals surface area contributed by atoms with Crippen molar-refractivity contribution in [3.05, 3.63) is 49.3 Å². The standard InChI is InChI=1S/C19H18N2O4S2/c1-24-10-7-8-11(13(9-10)25-2)17(22)21-18(23)15-12-5-3-4-6-14(12)27-16(15)20-19(21)26/h7-9H,3-6H2,1-2H3,(H,20,26). The molecule has 0 amide bonds. The molecule has 1 aliphatic rings. The molecule has 1 aromatic carbocycles. The third-order valence-electron chi connectivity index (χ3n) is 4.85. The van der Waals surface area contributed by atoms with Crippen molar-refractivity contribution in [2.75, 3.05) is 14.2 Å². The second-order valence-electron chi connectivity index (χ2n) is 6.36. The average Bonchev–Trinajstić information content (AvgIpc) is 3.05. The van der Waals surface area contributed by atoms with Crippen LogP contribution in [0.2, 0.25) is 0 Å². The molecular weight excluding hydrogens is 384 g/mol. The van der Waals surface area contributed by atoms with E-state index in [0.717, 1.165) is 40.6 Å². The Morgan fingerprint density at radius 3 is 2.74 bits per heavy atom. The Kier molecular flexibility index (Phi) is 4.61. The normalized spacial score (nSPS) is 13.4. The molecule has 140 valence electrons. The fraction of sp³-hybridized carbons (Fsp3) is 0.316. The van der Waals surface area contributed by atoms with Crippen molar-refractivity contribution in [3.8, 4) is 11.5 Å². The van der Waals surface area contributed by atoms with Gasteiger partial charge in [-0.05, 0) is 55.6 Å². The number of nitrogens with one attached hydrogen (secondary N) is 1. The van der Waals surface area contributed by atoms with Gasteiger partial charge in [-0.25, -0.2) is 4.57 Å². The Hall–Kier alpha value is -2.45. The van der Waals surface area contributed by atoms with Crippen molar-refractivity contribution >= 4 is 39.7 Å². The Balaban J connectivity index is 1.93. The van der Waals surface area contributed by atoms with Gasteiger partial charge >= 0.3 is 0 Å². The highest BCUT2D eigenvalue weighted by Crippen LogP contribution is 2.33. The van der Waals surface area contributed by atoms with Crippen molar-refractivity contribution in [1.82, 2.24) is 9.55 Å². The van der Waals surface area contributed by atoms with Crippen LogP contribution in [0.4, 0.5) is 0 Å². The van der Waals surface area contributed by atoms with Crippen LogP contribution in [0.5, 0.6) is 11.5 Å². The quantitative estimate of drug-likeness (QED) is 0.676. The van der Waals surface area contributed by atoms with Crippen molar-refractivity contribution in [1.29, 1.82) is 0 Å². The molecule has 0 aliphatic heterocycles. The van der Waals surface area contributed by atoms with Crippen LogP contribution in [0.1, 0.15) is 33.6 Å². The topological polar surface area (TPSA) is 73.3 Å². The van der Waals surface area contributed by atoms with Crippen LogP contribution >= 0.6 is 23.6 Å². The molecule has 0 atom stereocenters. The number of benzene rings is 1. The third-order valence-corrected chi connectivity index (χ3v) is 6.35. The van der Waals surface area contributed by atoms with Gasteiger partial charge in [0.05, 0.1) is 25.2 Å². The minimum absolute atomic E-state index is 0.0916. The maximum Gasteiger partial charge on any atom is 0.270 e. The highest BCUT2D eigenvalue weighted by molar-refractivity contribution is 7.71. The van der Waals surface area contributed by atoms with Gasteiger partial charge in [-0.3, -0.25) is 9.59 Å². The molecule has 0 saturated carbocycles. The lowest BCUT2D eigenvalue weighted by molar-refractivity contribution is 0.0950. The van der Waals surface area contributed by atoms with E-state index in [0.29, 0.717) is 16.9 Å². The number of aryl methyl sites for hydroxylation is 2. The summed E-state index contributed by atoms with van der Waals surface area (Å²) in [5.41, 5.74) is 0.945. The monoisotopic (exact) mass is 402 g/mol. The predicted molar refractivity (Wildman–Crippen MR) is 107 cm³/mol. The number of ether oxygens (including phenoxy) is 2. The summed E-state index contributed by atoms with van der Waals surface area (Å²) in [4.78, 5) is 31.4. The van der Waals surface area contributed by atoms with Crippen LogP contribution in [0.15, 0.2) is 23.0 Å². The molecule has 0 fully saturated rings. The Labute approximate surface area is 164 Å². The Bertz CT molecular complexity index is 1170. The summed E-state index contributed by atoms with van der Waals surface area (Å²) in [6.45, 7) is 0. The van der Waals surface area contributed by atoms with Crippen LogP contribution in [-0.4, -0.2) is 29.7 Å². The second-order valence-corrected chi connectivity index (χ2v) is 7.85. The van der Waals surface area contributed by atoms with E-state index < -0.39 is 5.91 Å². The summed E-state index contributed by atoms with van der Waals surface area (Å²) in [6, 6.07) is 4.84. The van der Waals surface area contributed by atoms with Crippen molar-refractivity contribution < 1.29 is 14.3 Å². The molecule has 0 unspecified atom stereocenters. The van der Waals surface area contributed by atoms with Crippen LogP contribution in [0, 0.1) is 4.77 Å². The molecule has 4 rings (SSSR count). The summed E-state index contributed by atoms with van der Waals surface area (Å²) >= 11 is 6.91. The summed E-state index contributed by atoms with van der Waals surface area (Å²) in [7, 11) is 3.00. The number of carbonyl (C=O) groups excluding carboxylic acids is 1. The lowest BCUT2D eigenvalue weighted by Gasteiger charge is -2.12. The number of hydrogen-bond acceptors (Lipinski definition) is 6. The first-order valence-corrected chi connectivity index (χ1v) is 9.84. The molecule has 27 heavy (non-hydrogen) atoms. The van der Waals surface area contributed by atoms with Crippen LogP contribution in [0.25, 0.3) is 10.2 Å². The van der Waals surface area contributed by atoms with Gasteiger partial charge < -0.3 is 14.5 Å². The van der Waals surface area contributed by atoms with E-state index in [2.05, 4.69) is 4.98 Å². The first kappa shape index (κ1) is 17.9. The number of carbonyl (C=O) groups is 1. The number of aromatic nitrogens is 2. The van der Waals surface area contributed by atoms with Gasteiger partial charge in [0.2, 0.25) is 0 Å². The number of fused-ring (bicyclic) bond motifs is 3. The molecule has 3 aromatic rings. The molecule has 0 radical (unpaired) electrons. The molecule has 0 spiro atoms. The fourth-order valence-electron chi connectivity index (χ4n) is 3.52. The molecule has 2 aromatic heterocycles. The van der Waals surface area contributed by atoms with E-state index in [4.69, 9.17) is 21.7 Å². The Morgan fingerprint density at radius 1 is 1.22 bits per heavy atom. The number of thiophene rings is 1. The van der Waals surface area contributed by atoms with E-state index >= 15 is 0 Å². The van der Waals surface area contributed by atoms with E-state index in [9.17, 15) is 9.59 Å². The molecule has 2 heterocycles. The first-order chi connectivity index (χ1) is 13.0. The predicted octanol–water partition coefficient (Wildman–Crippen LogP) is 3.71. The van der Waals surface area contributed by atoms with Crippen LogP contribution < -0.4 is 15.0 Å². The maximum absolute atomic E-state index is 13.2. The largest absolute Gasteiger partial charge is 0.497 e. The zero-order valence-electron chi connectivity index (χ0n) is 15.0. The van der Waals surface area contributed by atoms with Gasteiger partial charge in [0, 0.05) is 10.9 Å². The minimum Gasteiger partial charge on any atom is -0.497 e. The number of H-pyrrole nitrogens is 1. The molecule has 6 nitrogen and oxygen atoms in total. The first-order valence-electron chi connectivity index (χ1n) is 8.61. The fourth-order valence-corrected chi connectivity index (χ4v) is 5.13. The van der Waals surface area contributed by atoms with Crippen LogP contribution in [0.3, 0.4) is 0 Å². The second kappa shape index (κ2) is 6.94. The number of aromatic amines is 1. The van der Waals surface area contributed by atoms with Gasteiger partial charge in [0.15, 0.2) is 4.77 Å². The van der Waals surface area contributed by atoms with Gasteiger partial charge in [0.25, 0.3) is 11.5 Å². The third kappa shape index (κ3) is 2.89.